The smallest absolute Gasteiger partial charge is 0.346 e. The number of cyclic esters (lactones) is 2. The fourth-order valence-electron chi connectivity index (χ4n) is 1.80. The number of hydrogen-bond donors (Lipinski definition) is 0. The zero-order valence-corrected chi connectivity index (χ0v) is 7.99. The molecule has 0 N–H and O–H groups in total. The summed E-state index contributed by atoms with van der Waals surface area (Å²) in [6.07, 6.45) is 0. The molecule has 2 aromatic carbocycles. The normalized spacial score (nSPS) is 14.1. The number of rotatable bonds is 0. The van der Waals surface area contributed by atoms with Crippen molar-refractivity contribution in [3.8, 4) is 0 Å². The summed E-state index contributed by atoms with van der Waals surface area (Å²) in [4.78, 5) is 22.5. The predicted molar refractivity (Wildman–Crippen MR) is 53.7 cm³/mol. The maximum Gasteiger partial charge on any atom is 0.346 e. The SMILES string of the molecule is O=C1OC(=O)c2cc3cc(F)ccc3cc21. The van der Waals surface area contributed by atoms with E-state index in [2.05, 4.69) is 4.74 Å². The van der Waals surface area contributed by atoms with Gasteiger partial charge in [0, 0.05) is 0 Å². The first-order valence-electron chi connectivity index (χ1n) is 4.65. The first kappa shape index (κ1) is 9.03. The second kappa shape index (κ2) is 2.88. The lowest BCUT2D eigenvalue weighted by Gasteiger charge is -1.99. The molecule has 0 saturated heterocycles. The monoisotopic (exact) mass is 216 g/mol. The Morgan fingerprint density at radius 2 is 1.50 bits per heavy atom. The van der Waals surface area contributed by atoms with Crippen LogP contribution in [0.3, 0.4) is 0 Å². The fourth-order valence-corrected chi connectivity index (χ4v) is 1.80. The van der Waals surface area contributed by atoms with Gasteiger partial charge in [0.15, 0.2) is 0 Å². The van der Waals surface area contributed by atoms with Crippen LogP contribution in [0.25, 0.3) is 10.8 Å². The van der Waals surface area contributed by atoms with Gasteiger partial charge in [-0.15, -0.1) is 0 Å². The van der Waals surface area contributed by atoms with Crippen LogP contribution in [0.15, 0.2) is 30.3 Å². The Morgan fingerprint density at radius 3 is 2.19 bits per heavy atom. The molecule has 1 aliphatic heterocycles. The maximum atomic E-state index is 13.0. The lowest BCUT2D eigenvalue weighted by molar-refractivity contribution is 0.0444. The number of benzene rings is 2. The molecule has 4 heteroatoms. The highest BCUT2D eigenvalue weighted by Gasteiger charge is 2.29. The van der Waals surface area contributed by atoms with E-state index >= 15 is 0 Å². The van der Waals surface area contributed by atoms with Crippen LogP contribution in [0.1, 0.15) is 20.7 Å². The maximum absolute atomic E-state index is 13.0. The molecule has 3 nitrogen and oxygen atoms in total. The Kier molecular flexibility index (Phi) is 1.63. The molecule has 1 aliphatic rings. The Balaban J connectivity index is 2.38. The van der Waals surface area contributed by atoms with Crippen LogP contribution in [0.2, 0.25) is 0 Å². The summed E-state index contributed by atoms with van der Waals surface area (Å²) in [6.45, 7) is 0. The summed E-state index contributed by atoms with van der Waals surface area (Å²) in [6, 6.07) is 7.18. The lowest BCUT2D eigenvalue weighted by atomic mass is 10.0. The molecule has 3 rings (SSSR count). The van der Waals surface area contributed by atoms with Crippen LogP contribution in [0.4, 0.5) is 4.39 Å². The Labute approximate surface area is 89.4 Å². The number of hydrogen-bond acceptors (Lipinski definition) is 3. The summed E-state index contributed by atoms with van der Waals surface area (Å²) in [7, 11) is 0. The van der Waals surface area contributed by atoms with Gasteiger partial charge in [-0.3, -0.25) is 0 Å². The van der Waals surface area contributed by atoms with E-state index in [-0.39, 0.29) is 16.9 Å². The zero-order valence-electron chi connectivity index (χ0n) is 7.99. The molecule has 0 fully saturated rings. The van der Waals surface area contributed by atoms with Gasteiger partial charge in [-0.2, -0.15) is 0 Å². The molecule has 0 bridgehead atoms. The van der Waals surface area contributed by atoms with Crippen molar-refractivity contribution in [2.24, 2.45) is 0 Å². The molecule has 2 aromatic rings. The van der Waals surface area contributed by atoms with Crippen molar-refractivity contribution in [2.45, 2.75) is 0 Å². The van der Waals surface area contributed by atoms with E-state index in [0.29, 0.717) is 10.8 Å². The number of carbonyl (C=O) groups is 2. The van der Waals surface area contributed by atoms with Crippen molar-refractivity contribution in [2.75, 3.05) is 0 Å². The van der Waals surface area contributed by atoms with E-state index in [1.807, 2.05) is 0 Å². The average molecular weight is 216 g/mol. The highest BCUT2D eigenvalue weighted by atomic mass is 19.1. The van der Waals surface area contributed by atoms with Crippen molar-refractivity contribution in [1.82, 2.24) is 0 Å². The van der Waals surface area contributed by atoms with E-state index in [1.54, 1.807) is 6.07 Å². The number of fused-ring (bicyclic) bond motifs is 2. The predicted octanol–water partition coefficient (Wildman–Crippen LogP) is 2.29. The fraction of sp³-hybridized carbons (Fsp3) is 0. The van der Waals surface area contributed by atoms with Crippen LogP contribution in [0, 0.1) is 5.82 Å². The average Bonchev–Trinajstić information content (AvgIpc) is 2.52. The van der Waals surface area contributed by atoms with Crippen molar-refractivity contribution < 1.29 is 18.7 Å². The molecule has 0 radical (unpaired) electrons. The third kappa shape index (κ3) is 1.13. The Hall–Kier alpha value is -2.23. The van der Waals surface area contributed by atoms with Crippen molar-refractivity contribution >= 4 is 22.7 Å². The molecular formula is C12H5FO3. The van der Waals surface area contributed by atoms with Crippen LogP contribution in [-0.2, 0) is 4.74 Å². The molecule has 0 spiro atoms. The van der Waals surface area contributed by atoms with Crippen LogP contribution >= 0.6 is 0 Å². The molecule has 16 heavy (non-hydrogen) atoms. The molecule has 0 unspecified atom stereocenters. The molecular weight excluding hydrogens is 211 g/mol. The van der Waals surface area contributed by atoms with E-state index in [4.69, 9.17) is 0 Å². The minimum absolute atomic E-state index is 0.197. The summed E-state index contributed by atoms with van der Waals surface area (Å²) in [5.74, 6) is -1.71. The topological polar surface area (TPSA) is 43.4 Å². The van der Waals surface area contributed by atoms with Gasteiger partial charge in [0.1, 0.15) is 5.82 Å². The van der Waals surface area contributed by atoms with Gasteiger partial charge in [0.05, 0.1) is 11.1 Å². The quantitative estimate of drug-likeness (QED) is 0.501. The molecule has 0 aromatic heterocycles. The number of halogens is 1. The second-order valence-corrected chi connectivity index (χ2v) is 3.57. The lowest BCUT2D eigenvalue weighted by Crippen LogP contribution is -1.96. The van der Waals surface area contributed by atoms with Gasteiger partial charge in [-0.25, -0.2) is 14.0 Å². The van der Waals surface area contributed by atoms with Crippen LogP contribution in [-0.4, -0.2) is 11.9 Å². The van der Waals surface area contributed by atoms with E-state index < -0.39 is 11.9 Å². The van der Waals surface area contributed by atoms with Crippen LogP contribution in [0.5, 0.6) is 0 Å². The largest absolute Gasteiger partial charge is 0.386 e. The van der Waals surface area contributed by atoms with Crippen molar-refractivity contribution in [3.63, 3.8) is 0 Å². The minimum atomic E-state index is -0.675. The summed E-state index contributed by atoms with van der Waals surface area (Å²) < 4.78 is 17.4. The van der Waals surface area contributed by atoms with E-state index in [0.717, 1.165) is 0 Å². The molecule has 0 aliphatic carbocycles. The number of ether oxygens (including phenoxy) is 1. The highest BCUT2D eigenvalue weighted by molar-refractivity contribution is 6.17. The molecule has 0 saturated carbocycles. The Bertz CT molecular complexity index is 646. The molecule has 0 atom stereocenters. The standard InChI is InChI=1S/C12H5FO3/c13-8-2-1-6-4-9-10(5-7(6)3-8)12(15)16-11(9)14/h1-5H. The summed E-state index contributed by atoms with van der Waals surface area (Å²) in [5, 5.41) is 1.28. The second-order valence-electron chi connectivity index (χ2n) is 3.57. The Morgan fingerprint density at radius 1 is 0.875 bits per heavy atom. The molecule has 78 valence electrons. The molecule has 0 amide bonds. The third-order valence-corrected chi connectivity index (χ3v) is 2.56. The van der Waals surface area contributed by atoms with Gasteiger partial charge in [-0.1, -0.05) is 6.07 Å². The summed E-state index contributed by atoms with van der Waals surface area (Å²) in [5.41, 5.74) is 0.437. The number of esters is 2. The highest BCUT2D eigenvalue weighted by Crippen LogP contribution is 2.26. The van der Waals surface area contributed by atoms with Crippen LogP contribution < -0.4 is 0 Å². The van der Waals surface area contributed by atoms with Crippen molar-refractivity contribution in [3.05, 3.63) is 47.3 Å². The van der Waals surface area contributed by atoms with Gasteiger partial charge in [0.2, 0.25) is 0 Å². The van der Waals surface area contributed by atoms with Gasteiger partial charge in [0.25, 0.3) is 0 Å². The molecule has 1 heterocycles. The van der Waals surface area contributed by atoms with Gasteiger partial charge in [-0.05, 0) is 35.0 Å². The number of carbonyl (C=O) groups excluding carboxylic acids is 2. The van der Waals surface area contributed by atoms with E-state index in [9.17, 15) is 14.0 Å². The van der Waals surface area contributed by atoms with Crippen molar-refractivity contribution in [1.29, 1.82) is 0 Å². The first-order valence-corrected chi connectivity index (χ1v) is 4.65. The zero-order chi connectivity index (χ0) is 11.3. The minimum Gasteiger partial charge on any atom is -0.386 e. The third-order valence-electron chi connectivity index (χ3n) is 2.56. The first-order chi connectivity index (χ1) is 7.65. The summed E-state index contributed by atoms with van der Waals surface area (Å²) >= 11 is 0. The van der Waals surface area contributed by atoms with Gasteiger partial charge < -0.3 is 4.74 Å². The van der Waals surface area contributed by atoms with Gasteiger partial charge >= 0.3 is 11.9 Å². The van der Waals surface area contributed by atoms with E-state index in [1.165, 1.54) is 24.3 Å².